The first kappa shape index (κ1) is 10.4. The van der Waals surface area contributed by atoms with Crippen molar-refractivity contribution in [2.24, 2.45) is 5.10 Å². The molecule has 3 N–H and O–H groups in total. The molecule has 0 aromatic rings. The van der Waals surface area contributed by atoms with Crippen molar-refractivity contribution in [3.8, 4) is 0 Å². The largest absolute Gasteiger partial charge is 0.481 e. The fraction of sp³-hybridized carbons (Fsp3) is 0.600. The number of nitrogens with one attached hydrogen (secondary N) is 2. The maximum atomic E-state index is 10.6. The van der Waals surface area contributed by atoms with Crippen LogP contribution in [-0.4, -0.2) is 45.6 Å². The van der Waals surface area contributed by atoms with Gasteiger partial charge in [-0.15, -0.1) is 0 Å². The summed E-state index contributed by atoms with van der Waals surface area (Å²) >= 11 is 0. The molecule has 0 aliphatic carbocycles. The van der Waals surface area contributed by atoms with Crippen LogP contribution in [-0.2, 0) is 4.79 Å². The molecule has 3 aliphatic rings. The number of hydrogen-bond donors (Lipinski definition) is 3. The Morgan fingerprint density at radius 1 is 1.59 bits per heavy atom. The van der Waals surface area contributed by atoms with Crippen LogP contribution in [0.15, 0.2) is 17.5 Å². The molecular weight excluding hydrogens is 222 g/mol. The van der Waals surface area contributed by atoms with Crippen LogP contribution in [0.4, 0.5) is 0 Å². The molecule has 0 aromatic heterocycles. The second-order valence-corrected chi connectivity index (χ2v) is 4.37. The van der Waals surface area contributed by atoms with E-state index in [0.717, 1.165) is 18.8 Å². The second kappa shape index (κ2) is 3.92. The van der Waals surface area contributed by atoms with Crippen molar-refractivity contribution >= 4 is 11.8 Å². The Balaban J connectivity index is 1.71. The lowest BCUT2D eigenvalue weighted by Crippen LogP contribution is -2.54. The van der Waals surface area contributed by atoms with Gasteiger partial charge in [-0.05, 0) is 6.42 Å². The summed E-state index contributed by atoms with van der Waals surface area (Å²) in [6, 6.07) is 0.353. The number of hydrazine groups is 1. The van der Waals surface area contributed by atoms with Crippen LogP contribution in [0, 0.1) is 0 Å². The molecule has 1 saturated heterocycles. The molecule has 0 aromatic carbocycles. The summed E-state index contributed by atoms with van der Waals surface area (Å²) in [6.07, 6.45) is 5.68. The molecule has 3 heterocycles. The molecular formula is C10H15N5O2. The Hall–Kier alpha value is -1.76. The number of carbonyl (C=O) groups is 1. The smallest absolute Gasteiger partial charge is 0.303 e. The molecule has 0 amide bonds. The van der Waals surface area contributed by atoms with Gasteiger partial charge >= 0.3 is 5.97 Å². The van der Waals surface area contributed by atoms with E-state index in [1.165, 1.54) is 0 Å². The molecule has 2 unspecified atom stereocenters. The van der Waals surface area contributed by atoms with Gasteiger partial charge in [0.2, 0.25) is 0 Å². The summed E-state index contributed by atoms with van der Waals surface area (Å²) in [5.74, 6) is 0.0153. The van der Waals surface area contributed by atoms with Crippen molar-refractivity contribution in [2.75, 3.05) is 6.54 Å². The zero-order chi connectivity index (χ0) is 11.8. The van der Waals surface area contributed by atoms with Gasteiger partial charge < -0.3 is 15.0 Å². The Bertz CT molecular complexity index is 394. The van der Waals surface area contributed by atoms with Crippen LogP contribution in [0.1, 0.15) is 19.3 Å². The molecule has 17 heavy (non-hydrogen) atoms. The first-order valence-corrected chi connectivity index (χ1v) is 5.78. The van der Waals surface area contributed by atoms with Crippen molar-refractivity contribution in [1.82, 2.24) is 20.8 Å². The predicted octanol–water partition coefficient (Wildman–Crippen LogP) is -0.540. The van der Waals surface area contributed by atoms with E-state index >= 15 is 0 Å². The van der Waals surface area contributed by atoms with E-state index in [0.29, 0.717) is 12.5 Å². The Morgan fingerprint density at radius 3 is 3.29 bits per heavy atom. The van der Waals surface area contributed by atoms with Gasteiger partial charge in [0.05, 0.1) is 12.5 Å². The molecule has 3 aliphatic heterocycles. The highest BCUT2D eigenvalue weighted by Gasteiger charge is 2.40. The maximum absolute atomic E-state index is 10.6. The van der Waals surface area contributed by atoms with Crippen molar-refractivity contribution in [2.45, 2.75) is 31.5 Å². The molecule has 0 radical (unpaired) electrons. The third-order valence-electron chi connectivity index (χ3n) is 3.33. The quantitative estimate of drug-likeness (QED) is 0.611. The molecule has 1 fully saturated rings. The summed E-state index contributed by atoms with van der Waals surface area (Å²) in [6.45, 7) is 0.964. The maximum Gasteiger partial charge on any atom is 0.303 e. The zero-order valence-electron chi connectivity index (χ0n) is 9.33. The van der Waals surface area contributed by atoms with Gasteiger partial charge in [0, 0.05) is 25.4 Å². The molecule has 7 heteroatoms. The van der Waals surface area contributed by atoms with Gasteiger partial charge in [0.1, 0.15) is 12.0 Å². The first-order valence-electron chi connectivity index (χ1n) is 5.78. The third kappa shape index (κ3) is 1.72. The van der Waals surface area contributed by atoms with Crippen LogP contribution in [0.5, 0.6) is 0 Å². The average molecular weight is 237 g/mol. The fourth-order valence-electron chi connectivity index (χ4n) is 2.49. The monoisotopic (exact) mass is 237 g/mol. The van der Waals surface area contributed by atoms with E-state index in [1.54, 1.807) is 0 Å². The van der Waals surface area contributed by atoms with E-state index in [4.69, 9.17) is 5.11 Å². The summed E-state index contributed by atoms with van der Waals surface area (Å²) in [5, 5.41) is 15.0. The number of hydrazone groups is 1. The number of fused-ring (bicyclic) bond motifs is 3. The minimum Gasteiger partial charge on any atom is -0.481 e. The standard InChI is InChI=1S/C10H15N5O2/c16-9(17)2-1-8-12-13-10-7-3-4-11-15(7)6-5-14(8)10/h5-7,10-11,13H,1-4H2,(H,16,17). The summed E-state index contributed by atoms with van der Waals surface area (Å²) in [4.78, 5) is 12.6. The van der Waals surface area contributed by atoms with Gasteiger partial charge in [-0.25, -0.2) is 5.43 Å². The molecule has 92 valence electrons. The van der Waals surface area contributed by atoms with E-state index < -0.39 is 5.97 Å². The number of carboxylic acid groups (broad SMARTS) is 1. The summed E-state index contributed by atoms with van der Waals surface area (Å²) < 4.78 is 0. The highest BCUT2D eigenvalue weighted by atomic mass is 16.4. The van der Waals surface area contributed by atoms with Gasteiger partial charge in [0.25, 0.3) is 0 Å². The molecule has 7 nitrogen and oxygen atoms in total. The lowest BCUT2D eigenvalue weighted by Gasteiger charge is -2.37. The van der Waals surface area contributed by atoms with E-state index in [-0.39, 0.29) is 12.6 Å². The highest BCUT2D eigenvalue weighted by molar-refractivity contribution is 5.87. The topological polar surface area (TPSA) is 80.2 Å². The highest BCUT2D eigenvalue weighted by Crippen LogP contribution is 2.25. The lowest BCUT2D eigenvalue weighted by atomic mass is 10.1. The van der Waals surface area contributed by atoms with Crippen LogP contribution < -0.4 is 10.9 Å². The number of aliphatic carboxylic acids is 1. The Kier molecular flexibility index (Phi) is 2.40. The minimum absolute atomic E-state index is 0.115. The van der Waals surface area contributed by atoms with Gasteiger partial charge in [-0.1, -0.05) is 0 Å². The van der Waals surface area contributed by atoms with Gasteiger partial charge in [-0.3, -0.25) is 10.2 Å². The Morgan fingerprint density at radius 2 is 2.47 bits per heavy atom. The molecule has 2 atom stereocenters. The van der Waals surface area contributed by atoms with E-state index in [2.05, 4.69) is 21.0 Å². The number of amidine groups is 1. The van der Waals surface area contributed by atoms with Gasteiger partial charge in [-0.2, -0.15) is 5.10 Å². The van der Waals surface area contributed by atoms with Crippen molar-refractivity contribution < 1.29 is 9.90 Å². The fourth-order valence-corrected chi connectivity index (χ4v) is 2.49. The van der Waals surface area contributed by atoms with Gasteiger partial charge in [0.15, 0.2) is 0 Å². The molecule has 0 saturated carbocycles. The van der Waals surface area contributed by atoms with Crippen molar-refractivity contribution in [1.29, 1.82) is 0 Å². The summed E-state index contributed by atoms with van der Waals surface area (Å²) in [5.41, 5.74) is 6.36. The van der Waals surface area contributed by atoms with Crippen molar-refractivity contribution in [3.63, 3.8) is 0 Å². The van der Waals surface area contributed by atoms with Crippen LogP contribution in [0.3, 0.4) is 0 Å². The van der Waals surface area contributed by atoms with Crippen LogP contribution in [0.25, 0.3) is 0 Å². The number of rotatable bonds is 3. The second-order valence-electron chi connectivity index (χ2n) is 4.37. The molecule has 3 rings (SSSR count). The third-order valence-corrected chi connectivity index (χ3v) is 3.33. The van der Waals surface area contributed by atoms with Crippen LogP contribution in [0.2, 0.25) is 0 Å². The van der Waals surface area contributed by atoms with Crippen molar-refractivity contribution in [3.05, 3.63) is 12.4 Å². The number of hydrogen-bond acceptors (Lipinski definition) is 6. The molecule has 0 spiro atoms. The Labute approximate surface area is 98.7 Å². The number of carboxylic acids is 1. The lowest BCUT2D eigenvalue weighted by molar-refractivity contribution is -0.136. The van der Waals surface area contributed by atoms with Crippen LogP contribution >= 0.6 is 0 Å². The zero-order valence-corrected chi connectivity index (χ0v) is 9.33. The van der Waals surface area contributed by atoms with E-state index in [1.807, 2.05) is 17.3 Å². The first-order chi connectivity index (χ1) is 8.25. The van der Waals surface area contributed by atoms with E-state index in [9.17, 15) is 4.79 Å². The SMILES string of the molecule is O=C(O)CCC1=NNC2C3CCNN3C=CN12. The summed E-state index contributed by atoms with van der Waals surface area (Å²) in [7, 11) is 0. The molecule has 0 bridgehead atoms. The predicted molar refractivity (Wildman–Crippen MR) is 60.5 cm³/mol. The number of nitrogens with zero attached hydrogens (tertiary/aromatic N) is 3. The minimum atomic E-state index is -0.790. The normalized spacial score (nSPS) is 29.8. The average Bonchev–Trinajstić information content (AvgIpc) is 2.91.